The van der Waals surface area contributed by atoms with E-state index in [4.69, 9.17) is 0 Å². The molecule has 0 aliphatic heterocycles. The zero-order valence-electron chi connectivity index (χ0n) is 9.03. The third-order valence-corrected chi connectivity index (χ3v) is 2.12. The number of hydrogen-bond acceptors (Lipinski definition) is 3. The normalized spacial score (nSPS) is 16.0. The minimum absolute atomic E-state index is 0.115. The summed E-state index contributed by atoms with van der Waals surface area (Å²) in [5.74, 6) is -0.367. The highest BCUT2D eigenvalue weighted by Crippen LogP contribution is 2.16. The Morgan fingerprint density at radius 2 is 1.85 bits per heavy atom. The van der Waals surface area contributed by atoms with Gasteiger partial charge in [-0.3, -0.25) is 9.69 Å². The molecule has 0 aliphatic rings. The molecular weight excluding hydrogens is 168 g/mol. The molecule has 4 heteroatoms. The van der Waals surface area contributed by atoms with Gasteiger partial charge < -0.3 is 10.4 Å². The smallest absolute Gasteiger partial charge is 0.227 e. The van der Waals surface area contributed by atoms with Crippen molar-refractivity contribution in [3.63, 3.8) is 0 Å². The number of nitrogens with zero attached hydrogens (tertiary/aromatic N) is 1. The molecule has 0 saturated carbocycles. The van der Waals surface area contributed by atoms with Crippen LogP contribution in [0.25, 0.3) is 0 Å². The maximum atomic E-state index is 11.4. The molecule has 2 N–H and O–H groups in total. The third kappa shape index (κ3) is 3.32. The van der Waals surface area contributed by atoms with Gasteiger partial charge in [-0.25, -0.2) is 0 Å². The van der Waals surface area contributed by atoms with E-state index in [1.807, 2.05) is 13.8 Å². The lowest BCUT2D eigenvalue weighted by Gasteiger charge is -2.29. The molecule has 78 valence electrons. The van der Waals surface area contributed by atoms with Crippen molar-refractivity contribution >= 4 is 5.91 Å². The molecule has 2 unspecified atom stereocenters. The van der Waals surface area contributed by atoms with E-state index in [1.54, 1.807) is 26.0 Å². The Kier molecular flexibility index (Phi) is 4.95. The van der Waals surface area contributed by atoms with E-state index in [0.29, 0.717) is 0 Å². The molecule has 0 bridgehead atoms. The Morgan fingerprint density at radius 3 is 2.08 bits per heavy atom. The molecule has 1 amide bonds. The van der Waals surface area contributed by atoms with Gasteiger partial charge in [0.25, 0.3) is 0 Å². The quantitative estimate of drug-likeness (QED) is 0.605. The van der Waals surface area contributed by atoms with Crippen LogP contribution in [-0.4, -0.2) is 43.3 Å². The molecule has 0 aliphatic carbocycles. The molecule has 0 radical (unpaired) electrons. The Hall–Kier alpha value is -0.610. The summed E-state index contributed by atoms with van der Waals surface area (Å²) >= 11 is 0. The second-order valence-electron chi connectivity index (χ2n) is 3.76. The summed E-state index contributed by atoms with van der Waals surface area (Å²) in [5, 5.41) is 12.3. The number of carbonyl (C=O) groups is 1. The summed E-state index contributed by atoms with van der Waals surface area (Å²) in [6.45, 7) is 3.85. The van der Waals surface area contributed by atoms with E-state index in [9.17, 15) is 9.90 Å². The summed E-state index contributed by atoms with van der Waals surface area (Å²) in [7, 11) is 5.09. The van der Waals surface area contributed by atoms with Crippen LogP contribution in [0.3, 0.4) is 0 Å². The van der Waals surface area contributed by atoms with Gasteiger partial charge in [-0.05, 0) is 20.0 Å². The molecule has 2 atom stereocenters. The van der Waals surface area contributed by atoms with Gasteiger partial charge in [0, 0.05) is 7.05 Å². The van der Waals surface area contributed by atoms with E-state index in [2.05, 4.69) is 5.32 Å². The van der Waals surface area contributed by atoms with Crippen LogP contribution in [0.1, 0.15) is 13.8 Å². The van der Waals surface area contributed by atoms with Crippen molar-refractivity contribution in [2.75, 3.05) is 21.1 Å². The van der Waals surface area contributed by atoms with Crippen molar-refractivity contribution in [2.24, 2.45) is 11.8 Å². The second-order valence-corrected chi connectivity index (χ2v) is 3.76. The first-order valence-corrected chi connectivity index (χ1v) is 4.47. The fourth-order valence-corrected chi connectivity index (χ4v) is 1.27. The SMILES string of the molecule is CNC(=O)C(C(C)C)C(O)N(C)C. The minimum Gasteiger partial charge on any atom is -0.378 e. The lowest BCUT2D eigenvalue weighted by atomic mass is 9.92. The predicted octanol–water partition coefficient (Wildman–Crippen LogP) is -0.115. The van der Waals surface area contributed by atoms with E-state index < -0.39 is 6.23 Å². The average molecular weight is 188 g/mol. The van der Waals surface area contributed by atoms with Crippen molar-refractivity contribution in [3.8, 4) is 0 Å². The monoisotopic (exact) mass is 188 g/mol. The van der Waals surface area contributed by atoms with E-state index >= 15 is 0 Å². The van der Waals surface area contributed by atoms with Crippen molar-refractivity contribution < 1.29 is 9.90 Å². The number of aliphatic hydroxyl groups is 1. The molecule has 0 saturated heterocycles. The van der Waals surface area contributed by atoms with Gasteiger partial charge in [0.2, 0.25) is 5.91 Å². The Labute approximate surface area is 79.9 Å². The van der Waals surface area contributed by atoms with Crippen molar-refractivity contribution in [2.45, 2.75) is 20.1 Å². The lowest BCUT2D eigenvalue weighted by molar-refractivity contribution is -0.135. The number of hydrogen-bond donors (Lipinski definition) is 2. The molecule has 4 nitrogen and oxygen atoms in total. The topological polar surface area (TPSA) is 52.6 Å². The van der Waals surface area contributed by atoms with Gasteiger partial charge in [-0.15, -0.1) is 0 Å². The van der Waals surface area contributed by atoms with Gasteiger partial charge >= 0.3 is 0 Å². The van der Waals surface area contributed by atoms with Gasteiger partial charge in [0.1, 0.15) is 6.23 Å². The van der Waals surface area contributed by atoms with Crippen LogP contribution in [-0.2, 0) is 4.79 Å². The molecule has 0 heterocycles. The van der Waals surface area contributed by atoms with Crippen LogP contribution in [0.4, 0.5) is 0 Å². The molecule has 13 heavy (non-hydrogen) atoms. The Bertz CT molecular complexity index is 169. The van der Waals surface area contributed by atoms with Gasteiger partial charge in [0.05, 0.1) is 5.92 Å². The number of carbonyl (C=O) groups excluding carboxylic acids is 1. The first-order valence-electron chi connectivity index (χ1n) is 4.47. The van der Waals surface area contributed by atoms with Crippen LogP contribution >= 0.6 is 0 Å². The summed E-state index contributed by atoms with van der Waals surface area (Å²) in [6.07, 6.45) is -0.722. The predicted molar refractivity (Wildman–Crippen MR) is 52.1 cm³/mol. The summed E-state index contributed by atoms with van der Waals surface area (Å²) in [5.41, 5.74) is 0. The average Bonchev–Trinajstić information content (AvgIpc) is 2.03. The molecule has 0 spiro atoms. The van der Waals surface area contributed by atoms with Crippen molar-refractivity contribution in [1.29, 1.82) is 0 Å². The first-order chi connectivity index (χ1) is 5.91. The maximum Gasteiger partial charge on any atom is 0.227 e. The van der Waals surface area contributed by atoms with Crippen LogP contribution in [0.15, 0.2) is 0 Å². The second kappa shape index (κ2) is 5.19. The van der Waals surface area contributed by atoms with Crippen LogP contribution in [0.2, 0.25) is 0 Å². The number of nitrogens with one attached hydrogen (secondary N) is 1. The van der Waals surface area contributed by atoms with Crippen molar-refractivity contribution in [3.05, 3.63) is 0 Å². The first kappa shape index (κ1) is 12.4. The highest BCUT2D eigenvalue weighted by molar-refractivity contribution is 5.79. The zero-order chi connectivity index (χ0) is 10.6. The van der Waals surface area contributed by atoms with E-state index in [1.165, 1.54) is 0 Å². The lowest BCUT2D eigenvalue weighted by Crippen LogP contribution is -2.45. The highest BCUT2D eigenvalue weighted by atomic mass is 16.3. The Balaban J connectivity index is 4.51. The van der Waals surface area contributed by atoms with Crippen LogP contribution in [0, 0.1) is 11.8 Å². The molecule has 0 aromatic heterocycles. The minimum atomic E-state index is -0.722. The summed E-state index contributed by atoms with van der Waals surface area (Å²) in [6, 6.07) is 0. The van der Waals surface area contributed by atoms with Crippen molar-refractivity contribution in [1.82, 2.24) is 10.2 Å². The number of aliphatic hydroxyl groups excluding tert-OH is 1. The Morgan fingerprint density at radius 1 is 1.38 bits per heavy atom. The fourth-order valence-electron chi connectivity index (χ4n) is 1.27. The third-order valence-electron chi connectivity index (χ3n) is 2.12. The van der Waals surface area contributed by atoms with E-state index in [-0.39, 0.29) is 17.7 Å². The zero-order valence-corrected chi connectivity index (χ0v) is 9.03. The molecular formula is C9H20N2O2. The standard InChI is InChI=1S/C9H20N2O2/c1-6(2)7(8(12)10-3)9(13)11(4)5/h6-7,9,13H,1-5H3,(H,10,12). The molecule has 0 aromatic rings. The molecule has 0 rings (SSSR count). The summed E-state index contributed by atoms with van der Waals surface area (Å²) in [4.78, 5) is 13.0. The van der Waals surface area contributed by atoms with E-state index in [0.717, 1.165) is 0 Å². The molecule has 0 fully saturated rings. The number of rotatable bonds is 4. The number of amides is 1. The van der Waals surface area contributed by atoms with Gasteiger partial charge in [-0.2, -0.15) is 0 Å². The van der Waals surface area contributed by atoms with Gasteiger partial charge in [0.15, 0.2) is 0 Å². The van der Waals surface area contributed by atoms with Gasteiger partial charge in [-0.1, -0.05) is 13.8 Å². The largest absolute Gasteiger partial charge is 0.378 e. The summed E-state index contributed by atoms with van der Waals surface area (Å²) < 4.78 is 0. The highest BCUT2D eigenvalue weighted by Gasteiger charge is 2.30. The molecule has 0 aromatic carbocycles. The fraction of sp³-hybridized carbons (Fsp3) is 0.889. The van der Waals surface area contributed by atoms with Crippen LogP contribution < -0.4 is 5.32 Å². The van der Waals surface area contributed by atoms with Crippen LogP contribution in [0.5, 0.6) is 0 Å². The maximum absolute atomic E-state index is 11.4.